The Morgan fingerprint density at radius 3 is 2.94 bits per heavy atom. The van der Waals surface area contributed by atoms with Crippen LogP contribution < -0.4 is 10.1 Å². The zero-order chi connectivity index (χ0) is 11.9. The molecule has 0 amide bonds. The van der Waals surface area contributed by atoms with Gasteiger partial charge in [0, 0.05) is 19.2 Å². The summed E-state index contributed by atoms with van der Waals surface area (Å²) >= 11 is 0. The van der Waals surface area contributed by atoms with Gasteiger partial charge >= 0.3 is 0 Å². The van der Waals surface area contributed by atoms with Crippen molar-refractivity contribution in [3.8, 4) is 5.75 Å². The van der Waals surface area contributed by atoms with Crippen molar-refractivity contribution in [2.45, 2.75) is 31.9 Å². The lowest BCUT2D eigenvalue weighted by molar-refractivity contribution is 0.0129. The Morgan fingerprint density at radius 1 is 1.35 bits per heavy atom. The smallest absolute Gasteiger partial charge is 0.119 e. The largest absolute Gasteiger partial charge is 0.492 e. The summed E-state index contributed by atoms with van der Waals surface area (Å²) in [6.07, 6.45) is 2.59. The fourth-order valence-corrected chi connectivity index (χ4v) is 2.13. The Balaban J connectivity index is 1.60. The lowest BCUT2D eigenvalue weighted by Gasteiger charge is -2.28. The SMILES string of the molecule is CC1CC(NCCOc2ccccc2)CCO1. The maximum Gasteiger partial charge on any atom is 0.119 e. The van der Waals surface area contributed by atoms with E-state index >= 15 is 0 Å². The van der Waals surface area contributed by atoms with Gasteiger partial charge in [-0.1, -0.05) is 18.2 Å². The van der Waals surface area contributed by atoms with E-state index in [0.717, 1.165) is 38.3 Å². The van der Waals surface area contributed by atoms with Gasteiger partial charge in [0.25, 0.3) is 0 Å². The Morgan fingerprint density at radius 2 is 2.18 bits per heavy atom. The van der Waals surface area contributed by atoms with Gasteiger partial charge < -0.3 is 14.8 Å². The quantitative estimate of drug-likeness (QED) is 0.794. The van der Waals surface area contributed by atoms with Gasteiger partial charge in [-0.3, -0.25) is 0 Å². The van der Waals surface area contributed by atoms with Crippen molar-refractivity contribution in [2.24, 2.45) is 0 Å². The van der Waals surface area contributed by atoms with E-state index in [-0.39, 0.29) is 0 Å². The molecule has 0 saturated carbocycles. The van der Waals surface area contributed by atoms with Crippen LogP contribution in [0, 0.1) is 0 Å². The Labute approximate surface area is 103 Å². The Hall–Kier alpha value is -1.06. The zero-order valence-corrected chi connectivity index (χ0v) is 10.4. The predicted octanol–water partition coefficient (Wildman–Crippen LogP) is 2.22. The first kappa shape index (κ1) is 12.4. The number of nitrogens with one attached hydrogen (secondary N) is 1. The number of ether oxygens (including phenoxy) is 2. The van der Waals surface area contributed by atoms with Crippen LogP contribution in [-0.4, -0.2) is 31.9 Å². The summed E-state index contributed by atoms with van der Waals surface area (Å²) in [5.74, 6) is 0.939. The van der Waals surface area contributed by atoms with Crippen LogP contribution in [0.3, 0.4) is 0 Å². The molecule has 0 aliphatic carbocycles. The molecule has 0 aromatic heterocycles. The second-order valence-corrected chi connectivity index (χ2v) is 4.52. The van der Waals surface area contributed by atoms with Gasteiger partial charge in [0.1, 0.15) is 12.4 Å². The van der Waals surface area contributed by atoms with E-state index in [0.29, 0.717) is 12.1 Å². The van der Waals surface area contributed by atoms with Crippen molar-refractivity contribution in [1.82, 2.24) is 5.32 Å². The molecule has 17 heavy (non-hydrogen) atoms. The van der Waals surface area contributed by atoms with Gasteiger partial charge in [-0.15, -0.1) is 0 Å². The van der Waals surface area contributed by atoms with Crippen molar-refractivity contribution < 1.29 is 9.47 Å². The fraction of sp³-hybridized carbons (Fsp3) is 0.571. The van der Waals surface area contributed by atoms with Crippen molar-refractivity contribution >= 4 is 0 Å². The second kappa shape index (κ2) is 6.62. The first-order valence-corrected chi connectivity index (χ1v) is 6.37. The van der Waals surface area contributed by atoms with Crippen molar-refractivity contribution in [3.05, 3.63) is 30.3 Å². The molecular weight excluding hydrogens is 214 g/mol. The van der Waals surface area contributed by atoms with E-state index in [1.807, 2.05) is 30.3 Å². The van der Waals surface area contributed by atoms with Crippen molar-refractivity contribution in [1.29, 1.82) is 0 Å². The summed E-state index contributed by atoms with van der Waals surface area (Å²) in [6, 6.07) is 10.5. The summed E-state index contributed by atoms with van der Waals surface area (Å²) in [4.78, 5) is 0. The van der Waals surface area contributed by atoms with Crippen LogP contribution in [0.1, 0.15) is 19.8 Å². The molecule has 1 saturated heterocycles. The molecule has 0 radical (unpaired) electrons. The maximum absolute atomic E-state index is 5.63. The number of rotatable bonds is 5. The monoisotopic (exact) mass is 235 g/mol. The highest BCUT2D eigenvalue weighted by atomic mass is 16.5. The summed E-state index contributed by atoms with van der Waals surface area (Å²) in [7, 11) is 0. The number of hydrogen-bond acceptors (Lipinski definition) is 3. The third-order valence-corrected chi connectivity index (χ3v) is 3.03. The Bertz CT molecular complexity index is 315. The standard InChI is InChI=1S/C14H21NO2/c1-12-11-13(7-9-16-12)15-8-10-17-14-5-3-2-4-6-14/h2-6,12-13,15H,7-11H2,1H3. The van der Waals surface area contributed by atoms with E-state index in [2.05, 4.69) is 12.2 Å². The van der Waals surface area contributed by atoms with E-state index in [1.54, 1.807) is 0 Å². The zero-order valence-electron chi connectivity index (χ0n) is 10.4. The van der Waals surface area contributed by atoms with Gasteiger partial charge in [-0.2, -0.15) is 0 Å². The maximum atomic E-state index is 5.63. The van der Waals surface area contributed by atoms with Crippen LogP contribution in [0.25, 0.3) is 0 Å². The highest BCUT2D eigenvalue weighted by Crippen LogP contribution is 2.13. The van der Waals surface area contributed by atoms with Gasteiger partial charge in [-0.25, -0.2) is 0 Å². The van der Waals surface area contributed by atoms with Gasteiger partial charge in [0.15, 0.2) is 0 Å². The third-order valence-electron chi connectivity index (χ3n) is 3.03. The van der Waals surface area contributed by atoms with E-state index in [9.17, 15) is 0 Å². The van der Waals surface area contributed by atoms with Crippen LogP contribution >= 0.6 is 0 Å². The molecule has 1 heterocycles. The van der Waals surface area contributed by atoms with Crippen LogP contribution in [-0.2, 0) is 4.74 Å². The average molecular weight is 235 g/mol. The minimum atomic E-state index is 0.385. The highest BCUT2D eigenvalue weighted by molar-refractivity contribution is 5.20. The van der Waals surface area contributed by atoms with Crippen LogP contribution in [0.4, 0.5) is 0 Å². The van der Waals surface area contributed by atoms with Crippen LogP contribution in [0.2, 0.25) is 0 Å². The number of para-hydroxylation sites is 1. The van der Waals surface area contributed by atoms with Gasteiger partial charge in [0.05, 0.1) is 6.10 Å². The molecular formula is C14H21NO2. The third kappa shape index (κ3) is 4.36. The summed E-state index contributed by atoms with van der Waals surface area (Å²) < 4.78 is 11.1. The molecule has 1 aliphatic heterocycles. The molecule has 1 N–H and O–H groups in total. The van der Waals surface area contributed by atoms with E-state index in [4.69, 9.17) is 9.47 Å². The molecule has 1 aromatic carbocycles. The number of benzene rings is 1. The summed E-state index contributed by atoms with van der Waals surface area (Å²) in [5, 5.41) is 3.52. The molecule has 0 spiro atoms. The Kier molecular flexibility index (Phi) is 4.83. The topological polar surface area (TPSA) is 30.5 Å². The molecule has 3 heteroatoms. The lowest BCUT2D eigenvalue weighted by Crippen LogP contribution is -2.39. The lowest BCUT2D eigenvalue weighted by atomic mass is 10.0. The molecule has 0 bridgehead atoms. The number of hydrogen-bond donors (Lipinski definition) is 1. The van der Waals surface area contributed by atoms with Gasteiger partial charge in [-0.05, 0) is 31.9 Å². The van der Waals surface area contributed by atoms with Crippen LogP contribution in [0.15, 0.2) is 30.3 Å². The van der Waals surface area contributed by atoms with E-state index < -0.39 is 0 Å². The first-order valence-electron chi connectivity index (χ1n) is 6.37. The molecule has 2 atom stereocenters. The predicted molar refractivity (Wildman–Crippen MR) is 68.4 cm³/mol. The first-order chi connectivity index (χ1) is 8.34. The molecule has 1 fully saturated rings. The fourth-order valence-electron chi connectivity index (χ4n) is 2.13. The molecule has 94 valence electrons. The normalized spacial score (nSPS) is 24.5. The molecule has 1 aliphatic rings. The van der Waals surface area contributed by atoms with Crippen molar-refractivity contribution in [2.75, 3.05) is 19.8 Å². The highest BCUT2D eigenvalue weighted by Gasteiger charge is 2.18. The summed E-state index contributed by atoms with van der Waals surface area (Å²) in [6.45, 7) is 4.62. The minimum Gasteiger partial charge on any atom is -0.492 e. The van der Waals surface area contributed by atoms with Crippen molar-refractivity contribution in [3.63, 3.8) is 0 Å². The minimum absolute atomic E-state index is 0.385. The van der Waals surface area contributed by atoms with E-state index in [1.165, 1.54) is 0 Å². The second-order valence-electron chi connectivity index (χ2n) is 4.52. The summed E-state index contributed by atoms with van der Waals surface area (Å²) in [5.41, 5.74) is 0. The molecule has 3 nitrogen and oxygen atoms in total. The average Bonchev–Trinajstić information content (AvgIpc) is 2.36. The molecule has 1 aromatic rings. The molecule has 2 unspecified atom stereocenters. The van der Waals surface area contributed by atoms with Crippen LogP contribution in [0.5, 0.6) is 5.75 Å². The molecule has 2 rings (SSSR count). The van der Waals surface area contributed by atoms with Gasteiger partial charge in [0.2, 0.25) is 0 Å².